The van der Waals surface area contributed by atoms with Gasteiger partial charge >= 0.3 is 6.09 Å². The number of hydrogen-bond acceptors (Lipinski definition) is 7. The third-order valence-electron chi connectivity index (χ3n) is 5.73. The van der Waals surface area contributed by atoms with E-state index < -0.39 is 23.6 Å². The van der Waals surface area contributed by atoms with Crippen molar-refractivity contribution in [2.45, 2.75) is 45.9 Å². The number of nitrogens with one attached hydrogen (secondary N) is 3. The number of aromatic nitrogens is 1. The average molecular weight is 517 g/mol. The highest BCUT2D eigenvalue weighted by Crippen LogP contribution is 2.37. The molecule has 1 atom stereocenters. The zero-order chi connectivity index (χ0) is 27.4. The van der Waals surface area contributed by atoms with Crippen LogP contribution in [0.1, 0.15) is 33.3 Å². The van der Waals surface area contributed by atoms with Gasteiger partial charge in [0.1, 0.15) is 22.9 Å². The zero-order valence-corrected chi connectivity index (χ0v) is 22.1. The normalized spacial score (nSPS) is 12.2. The van der Waals surface area contributed by atoms with Gasteiger partial charge in [0.15, 0.2) is 0 Å². The van der Waals surface area contributed by atoms with Gasteiger partial charge in [0.2, 0.25) is 5.91 Å². The first-order valence-electron chi connectivity index (χ1n) is 12.3. The monoisotopic (exact) mass is 516 g/mol. The van der Waals surface area contributed by atoms with Gasteiger partial charge in [-0.2, -0.15) is 0 Å². The number of alkyl carbamates (subject to hydrolysis) is 1. The van der Waals surface area contributed by atoms with Crippen LogP contribution < -0.4 is 20.7 Å². The first-order valence-corrected chi connectivity index (χ1v) is 12.3. The summed E-state index contributed by atoms with van der Waals surface area (Å²) in [5, 5.41) is 20.5. The molecule has 0 radical (unpaired) electrons. The van der Waals surface area contributed by atoms with Crippen LogP contribution in [0.4, 0.5) is 21.9 Å². The quantitative estimate of drug-likeness (QED) is 0.240. The Balaban J connectivity index is 1.66. The number of methoxy groups -OCH3 is 1. The molecule has 1 aromatic heterocycles. The lowest BCUT2D eigenvalue weighted by Crippen LogP contribution is -2.44. The van der Waals surface area contributed by atoms with Crippen molar-refractivity contribution in [3.8, 4) is 5.75 Å². The maximum Gasteiger partial charge on any atom is 0.408 e. The van der Waals surface area contributed by atoms with Crippen LogP contribution in [0.25, 0.3) is 21.8 Å². The topological polar surface area (TPSA) is 122 Å². The van der Waals surface area contributed by atoms with Crippen LogP contribution in [-0.4, -0.2) is 40.8 Å². The van der Waals surface area contributed by atoms with E-state index in [4.69, 9.17) is 14.5 Å². The standard InChI is InChI=1S/C29H32N4O5/c1-17(30-28(36)38-29(2,3)4)27(35)32-20-14-18(16-34)13-19(15-20)31-25-21-9-6-7-11-23(21)33-26-22(25)10-8-12-24(26)37-5/h6-15,17,34H,16H2,1-5H3,(H,30,36)(H,31,33)(H,32,35). The fourth-order valence-electron chi connectivity index (χ4n) is 4.06. The van der Waals surface area contributed by atoms with Crippen molar-refractivity contribution in [3.63, 3.8) is 0 Å². The minimum absolute atomic E-state index is 0.226. The number of carbonyl (C=O) groups is 2. The second-order valence-electron chi connectivity index (χ2n) is 9.92. The predicted molar refractivity (Wildman–Crippen MR) is 149 cm³/mol. The Kier molecular flexibility index (Phi) is 7.68. The van der Waals surface area contributed by atoms with Crippen LogP contribution >= 0.6 is 0 Å². The third-order valence-corrected chi connectivity index (χ3v) is 5.73. The number of pyridine rings is 1. The minimum Gasteiger partial charge on any atom is -0.494 e. The number of anilines is 3. The molecule has 1 heterocycles. The first-order chi connectivity index (χ1) is 18.1. The van der Waals surface area contributed by atoms with E-state index >= 15 is 0 Å². The molecule has 3 aromatic carbocycles. The molecule has 0 aliphatic carbocycles. The van der Waals surface area contributed by atoms with Crippen molar-refractivity contribution in [1.29, 1.82) is 0 Å². The van der Waals surface area contributed by atoms with Gasteiger partial charge in [-0.3, -0.25) is 4.79 Å². The minimum atomic E-state index is -0.848. The van der Waals surface area contributed by atoms with Gasteiger partial charge in [0.25, 0.3) is 0 Å². The van der Waals surface area contributed by atoms with Crippen LogP contribution in [-0.2, 0) is 16.1 Å². The van der Waals surface area contributed by atoms with Gasteiger partial charge in [-0.05, 0) is 63.6 Å². The van der Waals surface area contributed by atoms with E-state index in [-0.39, 0.29) is 6.61 Å². The molecule has 0 fully saturated rings. The molecule has 0 bridgehead atoms. The number of nitrogens with zero attached hydrogens (tertiary/aromatic N) is 1. The Morgan fingerprint density at radius 1 is 1.00 bits per heavy atom. The van der Waals surface area contributed by atoms with Crippen molar-refractivity contribution in [2.75, 3.05) is 17.7 Å². The molecular formula is C29H32N4O5. The summed E-state index contributed by atoms with van der Waals surface area (Å²) in [6, 6.07) is 17.9. The molecule has 2 amide bonds. The molecule has 0 aliphatic rings. The van der Waals surface area contributed by atoms with E-state index in [9.17, 15) is 14.7 Å². The fourth-order valence-corrected chi connectivity index (χ4v) is 4.06. The van der Waals surface area contributed by atoms with Crippen LogP contribution in [0.15, 0.2) is 60.7 Å². The summed E-state index contributed by atoms with van der Waals surface area (Å²) in [5.41, 5.74) is 3.35. The average Bonchev–Trinajstić information content (AvgIpc) is 2.86. The summed E-state index contributed by atoms with van der Waals surface area (Å²) in [7, 11) is 1.61. The van der Waals surface area contributed by atoms with Gasteiger partial charge in [-0.1, -0.05) is 30.3 Å². The van der Waals surface area contributed by atoms with Crippen LogP contribution in [0.2, 0.25) is 0 Å². The number of rotatable bonds is 7. The maximum atomic E-state index is 12.8. The summed E-state index contributed by atoms with van der Waals surface area (Å²) in [4.78, 5) is 29.7. The van der Waals surface area contributed by atoms with E-state index in [0.29, 0.717) is 28.2 Å². The molecule has 0 saturated heterocycles. The lowest BCUT2D eigenvalue weighted by atomic mass is 10.1. The molecule has 9 nitrogen and oxygen atoms in total. The van der Waals surface area contributed by atoms with Crippen LogP contribution in [0.5, 0.6) is 5.75 Å². The number of fused-ring (bicyclic) bond motifs is 2. The highest BCUT2D eigenvalue weighted by molar-refractivity contribution is 6.10. The Labute approximate surface area is 221 Å². The number of benzene rings is 3. The Hall–Kier alpha value is -4.37. The summed E-state index contributed by atoms with van der Waals surface area (Å²) in [6.07, 6.45) is -0.682. The predicted octanol–water partition coefficient (Wildman–Crippen LogP) is 5.48. The largest absolute Gasteiger partial charge is 0.494 e. The van der Waals surface area contributed by atoms with Gasteiger partial charge in [-0.15, -0.1) is 0 Å². The van der Waals surface area contributed by atoms with Crippen molar-refractivity contribution in [3.05, 3.63) is 66.2 Å². The molecule has 9 heteroatoms. The number of aliphatic hydroxyl groups excluding tert-OH is 1. The second kappa shape index (κ2) is 10.9. The lowest BCUT2D eigenvalue weighted by molar-refractivity contribution is -0.117. The molecule has 0 spiro atoms. The van der Waals surface area contributed by atoms with Gasteiger partial charge in [-0.25, -0.2) is 9.78 Å². The smallest absolute Gasteiger partial charge is 0.408 e. The van der Waals surface area contributed by atoms with Crippen molar-refractivity contribution >= 4 is 50.9 Å². The Morgan fingerprint density at radius 3 is 2.42 bits per heavy atom. The fraction of sp³-hybridized carbons (Fsp3) is 0.276. The Bertz CT molecular complexity index is 1500. The molecule has 4 N–H and O–H groups in total. The number of hydrogen-bond donors (Lipinski definition) is 4. The summed E-state index contributed by atoms with van der Waals surface area (Å²) >= 11 is 0. The molecule has 1 unspecified atom stereocenters. The molecular weight excluding hydrogens is 484 g/mol. The van der Waals surface area contributed by atoms with Gasteiger partial charge in [0, 0.05) is 22.1 Å². The number of para-hydroxylation sites is 2. The summed E-state index contributed by atoms with van der Waals surface area (Å²) in [5.74, 6) is 0.223. The number of carbonyl (C=O) groups excluding carboxylic acids is 2. The second-order valence-corrected chi connectivity index (χ2v) is 9.92. The zero-order valence-electron chi connectivity index (χ0n) is 22.1. The molecule has 4 rings (SSSR count). The molecule has 0 saturated carbocycles. The third kappa shape index (κ3) is 6.12. The first kappa shape index (κ1) is 26.7. The number of ether oxygens (including phenoxy) is 2. The highest BCUT2D eigenvalue weighted by atomic mass is 16.6. The summed E-state index contributed by atoms with van der Waals surface area (Å²) in [6.45, 7) is 6.58. The molecule has 198 valence electrons. The van der Waals surface area contributed by atoms with Crippen molar-refractivity contribution < 1.29 is 24.2 Å². The lowest BCUT2D eigenvalue weighted by Gasteiger charge is -2.22. The van der Waals surface area contributed by atoms with Gasteiger partial charge < -0.3 is 30.5 Å². The summed E-state index contributed by atoms with van der Waals surface area (Å²) < 4.78 is 10.8. The number of amides is 2. The van der Waals surface area contributed by atoms with E-state index in [1.165, 1.54) is 0 Å². The van der Waals surface area contributed by atoms with Crippen molar-refractivity contribution in [1.82, 2.24) is 10.3 Å². The van der Waals surface area contributed by atoms with E-state index in [1.807, 2.05) is 42.5 Å². The maximum absolute atomic E-state index is 12.8. The van der Waals surface area contributed by atoms with Crippen molar-refractivity contribution in [2.24, 2.45) is 0 Å². The molecule has 38 heavy (non-hydrogen) atoms. The number of aliphatic hydroxyl groups is 1. The molecule has 0 aliphatic heterocycles. The Morgan fingerprint density at radius 2 is 1.71 bits per heavy atom. The van der Waals surface area contributed by atoms with E-state index in [1.54, 1.807) is 53.0 Å². The highest BCUT2D eigenvalue weighted by Gasteiger charge is 2.21. The van der Waals surface area contributed by atoms with Crippen LogP contribution in [0.3, 0.4) is 0 Å². The van der Waals surface area contributed by atoms with E-state index in [2.05, 4.69) is 16.0 Å². The molecule has 4 aromatic rings. The van der Waals surface area contributed by atoms with Gasteiger partial charge in [0.05, 0.1) is 24.9 Å². The van der Waals surface area contributed by atoms with E-state index in [0.717, 1.165) is 22.0 Å². The van der Waals surface area contributed by atoms with Crippen LogP contribution in [0, 0.1) is 0 Å². The SMILES string of the molecule is COc1cccc2c(Nc3cc(CO)cc(NC(=O)C(C)NC(=O)OC(C)(C)C)c3)c3ccccc3nc12.